The van der Waals surface area contributed by atoms with Crippen LogP contribution in [0.2, 0.25) is 0 Å². The number of nitrogens with one attached hydrogen (secondary N) is 1. The number of aromatic amines is 1. The van der Waals surface area contributed by atoms with Gasteiger partial charge in [-0.2, -0.15) is 0 Å². The van der Waals surface area contributed by atoms with Crippen LogP contribution in [0.5, 0.6) is 0 Å². The second-order valence-corrected chi connectivity index (χ2v) is 2.36. The fraction of sp³-hybridized carbons (Fsp3) is 0.333. The molecule has 1 aromatic rings. The molecule has 0 radical (unpaired) electrons. The molecule has 5 heteroatoms. The number of hydrogen-bond acceptors (Lipinski definition) is 3. The van der Waals surface area contributed by atoms with Crippen LogP contribution in [0.25, 0.3) is 0 Å². The Morgan fingerprint density at radius 1 is 1.82 bits per heavy atom. The number of nitrogens with two attached hydrogens (primary N) is 1. The summed E-state index contributed by atoms with van der Waals surface area (Å²) in [6.45, 7) is 1.76. The van der Waals surface area contributed by atoms with E-state index in [4.69, 9.17) is 5.73 Å². The maximum absolute atomic E-state index is 10.2. The lowest BCUT2D eigenvalue weighted by molar-refractivity contribution is -0.384. The molecule has 0 aromatic carbocycles. The molecule has 0 saturated heterocycles. The molecule has 60 valence electrons. The van der Waals surface area contributed by atoms with Gasteiger partial charge in [-0.3, -0.25) is 10.1 Å². The van der Waals surface area contributed by atoms with Gasteiger partial charge in [0.2, 0.25) is 0 Å². The molecular weight excluding hydrogens is 146 g/mol. The van der Waals surface area contributed by atoms with Crippen molar-refractivity contribution in [3.63, 3.8) is 0 Å². The predicted octanol–water partition coefficient (Wildman–Crippen LogP) is 0.943. The highest BCUT2D eigenvalue weighted by Gasteiger charge is 2.10. The summed E-state index contributed by atoms with van der Waals surface area (Å²) in [7, 11) is 0. The molecule has 1 heterocycles. The van der Waals surface area contributed by atoms with E-state index in [-0.39, 0.29) is 11.7 Å². The summed E-state index contributed by atoms with van der Waals surface area (Å²) in [4.78, 5) is 12.4. The van der Waals surface area contributed by atoms with Gasteiger partial charge in [-0.25, -0.2) is 0 Å². The van der Waals surface area contributed by atoms with Crippen LogP contribution in [0.4, 0.5) is 5.69 Å². The second kappa shape index (κ2) is 2.71. The van der Waals surface area contributed by atoms with Crippen molar-refractivity contribution in [1.29, 1.82) is 0 Å². The summed E-state index contributed by atoms with van der Waals surface area (Å²) < 4.78 is 0. The fourth-order valence-electron chi connectivity index (χ4n) is 0.768. The number of rotatable bonds is 2. The minimum Gasteiger partial charge on any atom is -0.358 e. The normalized spacial score (nSPS) is 12.9. The van der Waals surface area contributed by atoms with Gasteiger partial charge in [-0.15, -0.1) is 0 Å². The van der Waals surface area contributed by atoms with Crippen molar-refractivity contribution < 1.29 is 4.92 Å². The van der Waals surface area contributed by atoms with Crippen LogP contribution in [-0.4, -0.2) is 9.91 Å². The summed E-state index contributed by atoms with van der Waals surface area (Å²) >= 11 is 0. The number of nitro groups is 1. The molecule has 0 amide bonds. The Hall–Kier alpha value is -1.36. The first kappa shape index (κ1) is 7.74. The van der Waals surface area contributed by atoms with Gasteiger partial charge in [0.15, 0.2) is 0 Å². The Morgan fingerprint density at radius 2 is 2.45 bits per heavy atom. The lowest BCUT2D eigenvalue weighted by Gasteiger charge is -1.97. The molecule has 5 nitrogen and oxygen atoms in total. The third-order valence-electron chi connectivity index (χ3n) is 1.39. The highest BCUT2D eigenvalue weighted by atomic mass is 16.6. The summed E-state index contributed by atoms with van der Waals surface area (Å²) in [5, 5.41) is 10.2. The average molecular weight is 155 g/mol. The van der Waals surface area contributed by atoms with Crippen LogP contribution >= 0.6 is 0 Å². The van der Waals surface area contributed by atoms with Gasteiger partial charge in [0, 0.05) is 17.8 Å². The monoisotopic (exact) mass is 155 g/mol. The standard InChI is InChI=1S/C6H9N3O2/c1-4(7)6-2-5(3-8-6)9(10)11/h2-4,8H,7H2,1H3/t4-/m1/s1. The number of hydrogen-bond donors (Lipinski definition) is 2. The molecule has 0 bridgehead atoms. The Bertz CT molecular complexity index is 267. The summed E-state index contributed by atoms with van der Waals surface area (Å²) in [5.74, 6) is 0. The second-order valence-electron chi connectivity index (χ2n) is 2.36. The Balaban J connectivity index is 2.90. The smallest absolute Gasteiger partial charge is 0.287 e. The van der Waals surface area contributed by atoms with Crippen molar-refractivity contribution in [2.24, 2.45) is 5.73 Å². The van der Waals surface area contributed by atoms with E-state index >= 15 is 0 Å². The molecule has 1 aromatic heterocycles. The Morgan fingerprint density at radius 3 is 2.73 bits per heavy atom. The minimum absolute atomic E-state index is 0.0531. The van der Waals surface area contributed by atoms with Crippen molar-refractivity contribution >= 4 is 5.69 Å². The van der Waals surface area contributed by atoms with Crippen LogP contribution in [0.1, 0.15) is 18.7 Å². The van der Waals surface area contributed by atoms with Gasteiger partial charge in [-0.05, 0) is 6.92 Å². The van der Waals surface area contributed by atoms with Crippen LogP contribution in [-0.2, 0) is 0 Å². The van der Waals surface area contributed by atoms with Crippen molar-refractivity contribution in [1.82, 2.24) is 4.98 Å². The number of nitrogens with zero attached hydrogens (tertiary/aromatic N) is 1. The van der Waals surface area contributed by atoms with E-state index in [1.165, 1.54) is 12.3 Å². The Labute approximate surface area is 63.4 Å². The van der Waals surface area contributed by atoms with Crippen LogP contribution < -0.4 is 5.73 Å². The zero-order chi connectivity index (χ0) is 8.43. The third kappa shape index (κ3) is 1.56. The van der Waals surface area contributed by atoms with E-state index in [9.17, 15) is 10.1 Å². The van der Waals surface area contributed by atoms with E-state index in [2.05, 4.69) is 4.98 Å². The van der Waals surface area contributed by atoms with Gasteiger partial charge in [0.05, 0.1) is 11.1 Å². The largest absolute Gasteiger partial charge is 0.358 e. The Kier molecular flexibility index (Phi) is 1.91. The SMILES string of the molecule is C[C@@H](N)c1cc([N+](=O)[O-])c[nH]1. The van der Waals surface area contributed by atoms with E-state index in [1.807, 2.05) is 0 Å². The predicted molar refractivity (Wildman–Crippen MR) is 40.0 cm³/mol. The molecule has 0 aliphatic rings. The lowest BCUT2D eigenvalue weighted by atomic mass is 10.2. The molecule has 1 atom stereocenters. The van der Waals surface area contributed by atoms with Crippen molar-refractivity contribution in [3.8, 4) is 0 Å². The van der Waals surface area contributed by atoms with Crippen molar-refractivity contribution in [2.75, 3.05) is 0 Å². The molecule has 0 unspecified atom stereocenters. The van der Waals surface area contributed by atoms with E-state index in [0.29, 0.717) is 5.69 Å². The highest BCUT2D eigenvalue weighted by Crippen LogP contribution is 2.15. The molecule has 0 fully saturated rings. The van der Waals surface area contributed by atoms with Crippen LogP contribution in [0.15, 0.2) is 12.3 Å². The first-order valence-corrected chi connectivity index (χ1v) is 3.19. The summed E-state index contributed by atoms with van der Waals surface area (Å²) in [6, 6.07) is 1.24. The molecule has 0 spiro atoms. The summed E-state index contributed by atoms with van der Waals surface area (Å²) in [6.07, 6.45) is 1.33. The van der Waals surface area contributed by atoms with Gasteiger partial charge in [0.25, 0.3) is 5.69 Å². The molecular formula is C6H9N3O2. The average Bonchev–Trinajstić information content (AvgIpc) is 2.33. The highest BCUT2D eigenvalue weighted by molar-refractivity contribution is 5.30. The van der Waals surface area contributed by atoms with E-state index in [0.717, 1.165) is 0 Å². The maximum atomic E-state index is 10.2. The third-order valence-corrected chi connectivity index (χ3v) is 1.39. The molecule has 0 saturated carbocycles. The number of aromatic nitrogens is 1. The molecule has 11 heavy (non-hydrogen) atoms. The van der Waals surface area contributed by atoms with E-state index < -0.39 is 4.92 Å². The first-order chi connectivity index (χ1) is 5.11. The fourth-order valence-corrected chi connectivity index (χ4v) is 0.768. The van der Waals surface area contributed by atoms with Crippen molar-refractivity contribution in [3.05, 3.63) is 28.1 Å². The molecule has 0 aliphatic heterocycles. The lowest BCUT2D eigenvalue weighted by Crippen LogP contribution is -2.04. The number of H-pyrrole nitrogens is 1. The van der Waals surface area contributed by atoms with Gasteiger partial charge in [-0.1, -0.05) is 0 Å². The van der Waals surface area contributed by atoms with Gasteiger partial charge >= 0.3 is 0 Å². The van der Waals surface area contributed by atoms with Gasteiger partial charge < -0.3 is 10.7 Å². The minimum atomic E-state index is -0.456. The van der Waals surface area contributed by atoms with Crippen LogP contribution in [0.3, 0.4) is 0 Å². The summed E-state index contributed by atoms with van der Waals surface area (Å²) in [5.41, 5.74) is 6.20. The van der Waals surface area contributed by atoms with Crippen molar-refractivity contribution in [2.45, 2.75) is 13.0 Å². The van der Waals surface area contributed by atoms with E-state index in [1.54, 1.807) is 6.92 Å². The quantitative estimate of drug-likeness (QED) is 0.492. The van der Waals surface area contributed by atoms with Gasteiger partial charge in [0.1, 0.15) is 0 Å². The first-order valence-electron chi connectivity index (χ1n) is 3.19. The van der Waals surface area contributed by atoms with Crippen LogP contribution in [0, 0.1) is 10.1 Å². The molecule has 0 aliphatic carbocycles. The maximum Gasteiger partial charge on any atom is 0.287 e. The molecule has 3 N–H and O–H groups in total. The molecule has 1 rings (SSSR count). The zero-order valence-corrected chi connectivity index (χ0v) is 6.07. The zero-order valence-electron chi connectivity index (χ0n) is 6.07. The topological polar surface area (TPSA) is 84.9 Å².